The van der Waals surface area contributed by atoms with Gasteiger partial charge in [-0.1, -0.05) is 38.4 Å². The van der Waals surface area contributed by atoms with E-state index in [1.165, 1.54) is 31.0 Å². The highest BCUT2D eigenvalue weighted by molar-refractivity contribution is 6.58. The fraction of sp³-hybridized carbons (Fsp3) is 1.00. The second kappa shape index (κ2) is 7.61. The van der Waals surface area contributed by atoms with Crippen molar-refractivity contribution in [1.29, 1.82) is 0 Å². The molecule has 0 N–H and O–H groups in total. The third kappa shape index (κ3) is 5.30. The standard InChI is InChI=1S/C8H19ClSi/c1-3-10(4-2)8-6-5-7-9/h10H,3-8H2,1-2H3. The molecule has 0 aromatic heterocycles. The zero-order valence-electron chi connectivity index (χ0n) is 7.20. The quantitative estimate of drug-likeness (QED) is 0.333. The smallest absolute Gasteiger partial charge is 0.0362 e. The molecule has 0 nitrogen and oxygen atoms in total. The van der Waals surface area contributed by atoms with Gasteiger partial charge in [-0.15, -0.1) is 11.6 Å². The minimum atomic E-state index is -0.282. The van der Waals surface area contributed by atoms with E-state index in [1.54, 1.807) is 0 Å². The van der Waals surface area contributed by atoms with Crippen molar-refractivity contribution < 1.29 is 0 Å². The topological polar surface area (TPSA) is 0 Å². The molecular weight excluding hydrogens is 160 g/mol. The summed E-state index contributed by atoms with van der Waals surface area (Å²) in [6, 6.07) is 4.46. The van der Waals surface area contributed by atoms with Crippen LogP contribution in [0.2, 0.25) is 18.1 Å². The first kappa shape index (κ1) is 10.5. The lowest BCUT2D eigenvalue weighted by atomic mass is 10.4. The Morgan fingerprint density at radius 3 is 2.10 bits per heavy atom. The van der Waals surface area contributed by atoms with Gasteiger partial charge < -0.3 is 0 Å². The van der Waals surface area contributed by atoms with E-state index in [-0.39, 0.29) is 8.80 Å². The van der Waals surface area contributed by atoms with Crippen LogP contribution in [0, 0.1) is 0 Å². The van der Waals surface area contributed by atoms with E-state index in [1.807, 2.05) is 0 Å². The van der Waals surface area contributed by atoms with Crippen molar-refractivity contribution in [2.75, 3.05) is 5.88 Å². The molecule has 62 valence electrons. The first-order valence-corrected chi connectivity index (χ1v) is 7.39. The van der Waals surface area contributed by atoms with Gasteiger partial charge in [0.2, 0.25) is 0 Å². The molecule has 10 heavy (non-hydrogen) atoms. The molecule has 0 fully saturated rings. The minimum Gasteiger partial charge on any atom is -0.127 e. The number of rotatable bonds is 6. The lowest BCUT2D eigenvalue weighted by molar-refractivity contribution is 0.874. The molecule has 0 aromatic carbocycles. The van der Waals surface area contributed by atoms with Gasteiger partial charge in [-0.3, -0.25) is 0 Å². The summed E-state index contributed by atoms with van der Waals surface area (Å²) in [4.78, 5) is 0. The zero-order valence-corrected chi connectivity index (χ0v) is 9.11. The normalized spacial score (nSPS) is 10.8. The predicted octanol–water partition coefficient (Wildman–Crippen LogP) is 3.27. The van der Waals surface area contributed by atoms with E-state index in [2.05, 4.69) is 13.8 Å². The van der Waals surface area contributed by atoms with Gasteiger partial charge in [-0.25, -0.2) is 0 Å². The van der Waals surface area contributed by atoms with Crippen LogP contribution in [0.15, 0.2) is 0 Å². The molecule has 2 heteroatoms. The molecule has 0 spiro atoms. The van der Waals surface area contributed by atoms with E-state index in [0.717, 1.165) is 5.88 Å². The Bertz CT molecular complexity index is 62.3. The Kier molecular flexibility index (Phi) is 8.00. The lowest BCUT2D eigenvalue weighted by Gasteiger charge is -2.08. The lowest BCUT2D eigenvalue weighted by Crippen LogP contribution is -2.07. The largest absolute Gasteiger partial charge is 0.127 e. The van der Waals surface area contributed by atoms with E-state index >= 15 is 0 Å². The van der Waals surface area contributed by atoms with E-state index in [0.29, 0.717) is 0 Å². The fourth-order valence-electron chi connectivity index (χ4n) is 1.22. The predicted molar refractivity (Wildman–Crippen MR) is 52.9 cm³/mol. The van der Waals surface area contributed by atoms with Crippen molar-refractivity contribution in [3.8, 4) is 0 Å². The average molecular weight is 179 g/mol. The molecule has 0 aliphatic carbocycles. The SMILES string of the molecule is CC[SiH](CC)CCCCCl. The Hall–Kier alpha value is 0.507. The third-order valence-corrected chi connectivity index (χ3v) is 5.95. The molecule has 0 amide bonds. The maximum atomic E-state index is 5.59. The fourth-order valence-corrected chi connectivity index (χ4v) is 3.67. The number of halogens is 1. The highest BCUT2D eigenvalue weighted by Crippen LogP contribution is 2.09. The van der Waals surface area contributed by atoms with Crippen molar-refractivity contribution in [2.24, 2.45) is 0 Å². The van der Waals surface area contributed by atoms with Crippen LogP contribution < -0.4 is 0 Å². The number of unbranched alkanes of at least 4 members (excludes halogenated alkanes) is 1. The molecule has 0 radical (unpaired) electrons. The van der Waals surface area contributed by atoms with Crippen LogP contribution >= 0.6 is 11.6 Å². The van der Waals surface area contributed by atoms with Crippen molar-refractivity contribution >= 4 is 20.4 Å². The monoisotopic (exact) mass is 178 g/mol. The summed E-state index contributed by atoms with van der Waals surface area (Å²) < 4.78 is 0. The highest BCUT2D eigenvalue weighted by Gasteiger charge is 2.03. The molecule has 0 unspecified atom stereocenters. The molecule has 0 rings (SSSR count). The van der Waals surface area contributed by atoms with E-state index < -0.39 is 0 Å². The maximum Gasteiger partial charge on any atom is 0.0362 e. The summed E-state index contributed by atoms with van der Waals surface area (Å²) in [7, 11) is -0.282. The minimum absolute atomic E-state index is 0.282. The van der Waals surface area contributed by atoms with E-state index in [4.69, 9.17) is 11.6 Å². The molecular formula is C8H19ClSi. The molecule has 0 saturated heterocycles. The Labute approximate surface area is 71.6 Å². The summed E-state index contributed by atoms with van der Waals surface area (Å²) in [5, 5.41) is 0. The molecule has 0 aliphatic heterocycles. The number of alkyl halides is 1. The Morgan fingerprint density at radius 2 is 1.70 bits per heavy atom. The zero-order chi connectivity index (χ0) is 7.82. The average Bonchev–Trinajstić information content (AvgIpc) is 1.99. The highest BCUT2D eigenvalue weighted by atomic mass is 35.5. The van der Waals surface area contributed by atoms with Gasteiger partial charge in [-0.2, -0.15) is 0 Å². The Balaban J connectivity index is 3.09. The number of hydrogen-bond donors (Lipinski definition) is 0. The summed E-state index contributed by atoms with van der Waals surface area (Å²) in [5.41, 5.74) is 0. The molecule has 0 aromatic rings. The first-order chi connectivity index (χ1) is 4.85. The van der Waals surface area contributed by atoms with Crippen molar-refractivity contribution in [3.63, 3.8) is 0 Å². The van der Waals surface area contributed by atoms with Crippen molar-refractivity contribution in [3.05, 3.63) is 0 Å². The van der Waals surface area contributed by atoms with Gasteiger partial charge in [0.05, 0.1) is 0 Å². The van der Waals surface area contributed by atoms with Crippen LogP contribution in [-0.4, -0.2) is 14.7 Å². The van der Waals surface area contributed by atoms with Crippen LogP contribution in [0.1, 0.15) is 26.7 Å². The van der Waals surface area contributed by atoms with Crippen molar-refractivity contribution in [1.82, 2.24) is 0 Å². The van der Waals surface area contributed by atoms with Crippen molar-refractivity contribution in [2.45, 2.75) is 44.8 Å². The van der Waals surface area contributed by atoms with Gasteiger partial charge in [0.15, 0.2) is 0 Å². The van der Waals surface area contributed by atoms with Crippen LogP contribution in [0.25, 0.3) is 0 Å². The van der Waals surface area contributed by atoms with Gasteiger partial charge in [0.1, 0.15) is 0 Å². The molecule has 0 heterocycles. The first-order valence-electron chi connectivity index (χ1n) is 4.41. The van der Waals surface area contributed by atoms with Crippen LogP contribution in [0.4, 0.5) is 0 Å². The van der Waals surface area contributed by atoms with Gasteiger partial charge >= 0.3 is 0 Å². The van der Waals surface area contributed by atoms with Crippen LogP contribution in [0.3, 0.4) is 0 Å². The summed E-state index contributed by atoms with van der Waals surface area (Å²) in [6.45, 7) is 4.67. The third-order valence-electron chi connectivity index (χ3n) is 2.15. The van der Waals surface area contributed by atoms with E-state index in [9.17, 15) is 0 Å². The van der Waals surface area contributed by atoms with Crippen LogP contribution in [-0.2, 0) is 0 Å². The molecule has 0 bridgehead atoms. The summed E-state index contributed by atoms with van der Waals surface area (Å²) in [5.74, 6) is 0.856. The second-order valence-electron chi connectivity index (χ2n) is 2.87. The second-order valence-corrected chi connectivity index (χ2v) is 7.19. The molecule has 0 saturated carbocycles. The molecule has 0 atom stereocenters. The number of hydrogen-bond acceptors (Lipinski definition) is 0. The Morgan fingerprint density at radius 1 is 1.10 bits per heavy atom. The summed E-state index contributed by atoms with van der Waals surface area (Å²) >= 11 is 5.59. The van der Waals surface area contributed by atoms with Gasteiger partial charge in [0.25, 0.3) is 0 Å². The molecule has 0 aliphatic rings. The van der Waals surface area contributed by atoms with Crippen LogP contribution in [0.5, 0.6) is 0 Å². The maximum absolute atomic E-state index is 5.59. The van der Waals surface area contributed by atoms with Gasteiger partial charge in [0, 0.05) is 14.7 Å². The van der Waals surface area contributed by atoms with Gasteiger partial charge in [-0.05, 0) is 6.42 Å². The summed E-state index contributed by atoms with van der Waals surface area (Å²) in [6.07, 6.45) is 2.60.